The molecule has 1 rings (SSSR count). The fourth-order valence-corrected chi connectivity index (χ4v) is 3.70. The molecule has 4 nitrogen and oxygen atoms in total. The molecule has 0 aromatic carbocycles. The quantitative estimate of drug-likeness (QED) is 0.782. The fraction of sp³-hybridized carbons (Fsp3) is 0.917. The Hall–Kier alpha value is -0.230. The summed E-state index contributed by atoms with van der Waals surface area (Å²) in [6, 6.07) is 0.0304. The molecule has 2 amide bonds. The van der Waals surface area contributed by atoms with Crippen LogP contribution in [0.3, 0.4) is 0 Å². The van der Waals surface area contributed by atoms with E-state index in [4.69, 9.17) is 0 Å². The molecule has 18 heavy (non-hydrogen) atoms. The van der Waals surface area contributed by atoms with Gasteiger partial charge < -0.3 is 10.2 Å². The Labute approximate surface area is 117 Å². The Kier molecular flexibility index (Phi) is 7.07. The summed E-state index contributed by atoms with van der Waals surface area (Å²) in [6.45, 7) is 6.70. The maximum absolute atomic E-state index is 11.9. The van der Waals surface area contributed by atoms with Crippen molar-refractivity contribution in [2.75, 3.05) is 37.4 Å². The number of amides is 2. The SMILES string of the molecule is CC(C)C1CN(C(=O)NCCCS(C)=O)CCS1. The van der Waals surface area contributed by atoms with Crippen molar-refractivity contribution in [2.45, 2.75) is 25.5 Å². The normalized spacial score (nSPS) is 22.0. The van der Waals surface area contributed by atoms with E-state index in [0.29, 0.717) is 23.5 Å². The predicted octanol–water partition coefficient (Wildman–Crippen LogP) is 1.54. The molecule has 1 heterocycles. The molecule has 0 bridgehead atoms. The predicted molar refractivity (Wildman–Crippen MR) is 79.6 cm³/mol. The lowest BCUT2D eigenvalue weighted by molar-refractivity contribution is 0.197. The van der Waals surface area contributed by atoms with Gasteiger partial charge in [0.05, 0.1) is 0 Å². The standard InChI is InChI=1S/C12H24N2O2S2/c1-10(2)11-9-14(6-7-17-11)12(15)13-5-4-8-18(3)16/h10-11H,4-9H2,1-3H3,(H,13,15). The lowest BCUT2D eigenvalue weighted by Crippen LogP contribution is -2.48. The first-order valence-corrected chi connectivity index (χ1v) is 9.22. The van der Waals surface area contributed by atoms with Crippen molar-refractivity contribution in [2.24, 2.45) is 5.92 Å². The van der Waals surface area contributed by atoms with Gasteiger partial charge in [0.15, 0.2) is 0 Å². The van der Waals surface area contributed by atoms with Crippen molar-refractivity contribution in [1.29, 1.82) is 0 Å². The van der Waals surface area contributed by atoms with Gasteiger partial charge in [0, 0.05) is 53.4 Å². The lowest BCUT2D eigenvalue weighted by atomic mass is 10.1. The Morgan fingerprint density at radius 3 is 2.89 bits per heavy atom. The first kappa shape index (κ1) is 15.8. The van der Waals surface area contributed by atoms with Crippen molar-refractivity contribution < 1.29 is 9.00 Å². The number of urea groups is 1. The number of nitrogens with zero attached hydrogens (tertiary/aromatic N) is 1. The van der Waals surface area contributed by atoms with Crippen LogP contribution in [0.15, 0.2) is 0 Å². The third kappa shape index (κ3) is 5.61. The van der Waals surface area contributed by atoms with E-state index in [9.17, 15) is 9.00 Å². The molecule has 0 aromatic rings. The van der Waals surface area contributed by atoms with Crippen LogP contribution >= 0.6 is 11.8 Å². The third-order valence-electron chi connectivity index (χ3n) is 3.01. The van der Waals surface area contributed by atoms with Gasteiger partial charge in [-0.2, -0.15) is 11.8 Å². The maximum atomic E-state index is 11.9. The highest BCUT2D eigenvalue weighted by Crippen LogP contribution is 2.24. The summed E-state index contributed by atoms with van der Waals surface area (Å²) in [6.07, 6.45) is 2.47. The summed E-state index contributed by atoms with van der Waals surface area (Å²) in [5.41, 5.74) is 0. The highest BCUT2D eigenvalue weighted by molar-refractivity contribution is 8.00. The number of hydrogen-bond donors (Lipinski definition) is 1. The summed E-state index contributed by atoms with van der Waals surface area (Å²) in [5, 5.41) is 3.46. The van der Waals surface area contributed by atoms with Crippen LogP contribution in [0.25, 0.3) is 0 Å². The van der Waals surface area contributed by atoms with Gasteiger partial charge in [0.2, 0.25) is 0 Å². The van der Waals surface area contributed by atoms with Crippen LogP contribution in [0.1, 0.15) is 20.3 Å². The molecule has 1 saturated heterocycles. The van der Waals surface area contributed by atoms with Crippen LogP contribution in [0.4, 0.5) is 4.79 Å². The van der Waals surface area contributed by atoms with Gasteiger partial charge in [0.1, 0.15) is 0 Å². The number of thioether (sulfide) groups is 1. The van der Waals surface area contributed by atoms with Crippen LogP contribution in [0.5, 0.6) is 0 Å². The Morgan fingerprint density at radius 1 is 1.56 bits per heavy atom. The second kappa shape index (κ2) is 8.04. The van der Waals surface area contributed by atoms with E-state index in [-0.39, 0.29) is 6.03 Å². The second-order valence-corrected chi connectivity index (χ2v) is 7.86. The molecule has 1 fully saturated rings. The summed E-state index contributed by atoms with van der Waals surface area (Å²) in [5.74, 6) is 2.29. The first-order valence-electron chi connectivity index (χ1n) is 6.45. The Morgan fingerprint density at radius 2 is 2.28 bits per heavy atom. The van der Waals surface area contributed by atoms with E-state index in [2.05, 4.69) is 19.2 Å². The van der Waals surface area contributed by atoms with Crippen LogP contribution in [-0.4, -0.2) is 57.8 Å². The molecule has 2 unspecified atom stereocenters. The van der Waals surface area contributed by atoms with Crippen LogP contribution < -0.4 is 5.32 Å². The van der Waals surface area contributed by atoms with E-state index in [1.165, 1.54) is 0 Å². The van der Waals surface area contributed by atoms with E-state index in [1.807, 2.05) is 16.7 Å². The molecule has 0 radical (unpaired) electrons. The molecule has 6 heteroatoms. The van der Waals surface area contributed by atoms with Gasteiger partial charge in [-0.1, -0.05) is 13.8 Å². The molecular weight excluding hydrogens is 268 g/mol. The Balaban J connectivity index is 2.26. The van der Waals surface area contributed by atoms with Crippen molar-refractivity contribution in [1.82, 2.24) is 10.2 Å². The highest BCUT2D eigenvalue weighted by Gasteiger charge is 2.25. The topological polar surface area (TPSA) is 49.4 Å². The van der Waals surface area contributed by atoms with Gasteiger partial charge in [0.25, 0.3) is 0 Å². The molecule has 1 N–H and O–H groups in total. The minimum atomic E-state index is -0.765. The van der Waals surface area contributed by atoms with Crippen LogP contribution in [0.2, 0.25) is 0 Å². The highest BCUT2D eigenvalue weighted by atomic mass is 32.2. The second-order valence-electron chi connectivity index (χ2n) is 4.96. The monoisotopic (exact) mass is 292 g/mol. The number of hydrogen-bond acceptors (Lipinski definition) is 3. The van der Waals surface area contributed by atoms with Gasteiger partial charge >= 0.3 is 6.03 Å². The number of rotatable bonds is 5. The molecule has 1 aliphatic heterocycles. The van der Waals surface area contributed by atoms with Crippen LogP contribution in [-0.2, 0) is 10.8 Å². The van der Waals surface area contributed by atoms with E-state index in [1.54, 1.807) is 6.26 Å². The van der Waals surface area contributed by atoms with Gasteiger partial charge in [-0.05, 0) is 12.3 Å². The molecule has 106 valence electrons. The summed E-state index contributed by atoms with van der Waals surface area (Å²) in [4.78, 5) is 13.8. The molecule has 2 atom stereocenters. The zero-order valence-electron chi connectivity index (χ0n) is 11.5. The minimum absolute atomic E-state index is 0.0304. The van der Waals surface area contributed by atoms with Crippen molar-refractivity contribution in [3.8, 4) is 0 Å². The van der Waals surface area contributed by atoms with Crippen molar-refractivity contribution in [3.05, 3.63) is 0 Å². The van der Waals surface area contributed by atoms with Gasteiger partial charge in [-0.15, -0.1) is 0 Å². The van der Waals surface area contributed by atoms with Crippen molar-refractivity contribution >= 4 is 28.6 Å². The zero-order valence-corrected chi connectivity index (χ0v) is 13.1. The van der Waals surface area contributed by atoms with Gasteiger partial charge in [-0.25, -0.2) is 4.79 Å². The minimum Gasteiger partial charge on any atom is -0.338 e. The number of carbonyl (C=O) groups is 1. The Bertz CT molecular complexity index is 298. The molecule has 0 saturated carbocycles. The smallest absolute Gasteiger partial charge is 0.317 e. The van der Waals surface area contributed by atoms with E-state index < -0.39 is 10.8 Å². The molecule has 1 aliphatic rings. The first-order chi connectivity index (χ1) is 8.50. The summed E-state index contributed by atoms with van der Waals surface area (Å²) in [7, 11) is -0.765. The maximum Gasteiger partial charge on any atom is 0.317 e. The average molecular weight is 292 g/mol. The molecule has 0 spiro atoms. The number of nitrogens with one attached hydrogen (secondary N) is 1. The molecule has 0 aromatic heterocycles. The van der Waals surface area contributed by atoms with Crippen LogP contribution in [0, 0.1) is 5.92 Å². The lowest BCUT2D eigenvalue weighted by Gasteiger charge is -2.34. The molecule has 0 aliphatic carbocycles. The van der Waals surface area contributed by atoms with E-state index in [0.717, 1.165) is 25.3 Å². The fourth-order valence-electron chi connectivity index (χ4n) is 1.85. The summed E-state index contributed by atoms with van der Waals surface area (Å²) < 4.78 is 10.9. The number of carbonyl (C=O) groups excluding carboxylic acids is 1. The largest absolute Gasteiger partial charge is 0.338 e. The van der Waals surface area contributed by atoms with Gasteiger partial charge in [-0.3, -0.25) is 4.21 Å². The summed E-state index contributed by atoms with van der Waals surface area (Å²) >= 11 is 1.96. The molecular formula is C12H24N2O2S2. The van der Waals surface area contributed by atoms with E-state index >= 15 is 0 Å². The average Bonchev–Trinajstić information content (AvgIpc) is 2.34. The van der Waals surface area contributed by atoms with Crippen molar-refractivity contribution in [3.63, 3.8) is 0 Å². The third-order valence-corrected chi connectivity index (χ3v) is 5.41. The zero-order chi connectivity index (χ0) is 13.5.